The molecule has 0 fully saturated rings. The Balaban J connectivity index is 2.37. The lowest BCUT2D eigenvalue weighted by atomic mass is 10.1. The number of nitro groups is 1. The van der Waals surface area contributed by atoms with Crippen LogP contribution in [0, 0.1) is 21.7 Å². The van der Waals surface area contributed by atoms with Gasteiger partial charge in [-0.1, -0.05) is 6.07 Å². The first kappa shape index (κ1) is 13.5. The molecule has 0 atom stereocenters. The number of nitrogens with one attached hydrogen (secondary N) is 1. The molecule has 0 bridgehead atoms. The van der Waals surface area contributed by atoms with E-state index >= 15 is 0 Å². The molecule has 8 heteroatoms. The van der Waals surface area contributed by atoms with Gasteiger partial charge < -0.3 is 5.32 Å². The van der Waals surface area contributed by atoms with Crippen LogP contribution < -0.4 is 5.32 Å². The maximum atomic E-state index is 13.8. The molecule has 1 aromatic heterocycles. The minimum Gasteiger partial charge on any atom is -0.306 e. The predicted octanol–water partition coefficient (Wildman–Crippen LogP) is 2.52. The smallest absolute Gasteiger partial charge is 0.306 e. The van der Waals surface area contributed by atoms with Crippen molar-refractivity contribution in [3.63, 3.8) is 0 Å². The third-order valence-electron chi connectivity index (χ3n) is 2.37. The molecule has 102 valence electrons. The van der Waals surface area contributed by atoms with Crippen LogP contribution in [0.5, 0.6) is 0 Å². The molecule has 1 amide bonds. The van der Waals surface area contributed by atoms with Gasteiger partial charge in [0.25, 0.3) is 5.91 Å². The highest BCUT2D eigenvalue weighted by molar-refractivity contribution is 6.04. The third kappa shape index (κ3) is 2.74. The Hall–Kier alpha value is -2.90. The maximum absolute atomic E-state index is 13.8. The molecule has 0 spiro atoms. The van der Waals surface area contributed by atoms with Crippen LogP contribution in [0.1, 0.15) is 10.4 Å². The number of halogens is 2. The Labute approximate surface area is 111 Å². The van der Waals surface area contributed by atoms with Crippen LogP contribution in [0.2, 0.25) is 0 Å². The summed E-state index contributed by atoms with van der Waals surface area (Å²) in [6.07, 6.45) is 1.39. The van der Waals surface area contributed by atoms with E-state index in [1.807, 2.05) is 0 Å². The molecule has 0 aliphatic heterocycles. The third-order valence-corrected chi connectivity index (χ3v) is 2.37. The zero-order chi connectivity index (χ0) is 14.7. The molecule has 2 aromatic rings. The molecule has 1 N–H and O–H groups in total. The van der Waals surface area contributed by atoms with E-state index in [1.54, 1.807) is 12.1 Å². The average molecular weight is 279 g/mol. The van der Waals surface area contributed by atoms with Gasteiger partial charge in [0, 0.05) is 6.20 Å². The monoisotopic (exact) mass is 279 g/mol. The van der Waals surface area contributed by atoms with E-state index in [-0.39, 0.29) is 5.82 Å². The lowest BCUT2D eigenvalue weighted by molar-refractivity contribution is -0.387. The van der Waals surface area contributed by atoms with Crippen LogP contribution in [0.25, 0.3) is 0 Å². The first-order chi connectivity index (χ1) is 9.49. The second kappa shape index (κ2) is 5.39. The molecule has 0 saturated carbocycles. The minimum absolute atomic E-state index is 0.115. The maximum Gasteiger partial charge on any atom is 0.308 e. The molecular formula is C12H7F2N3O3. The van der Waals surface area contributed by atoms with E-state index in [9.17, 15) is 23.7 Å². The normalized spacial score (nSPS) is 10.1. The lowest BCUT2D eigenvalue weighted by Gasteiger charge is -2.05. The largest absolute Gasteiger partial charge is 0.308 e. The summed E-state index contributed by atoms with van der Waals surface area (Å²) >= 11 is 0. The number of hydrogen-bond acceptors (Lipinski definition) is 4. The van der Waals surface area contributed by atoms with Crippen LogP contribution in [-0.2, 0) is 0 Å². The van der Waals surface area contributed by atoms with E-state index in [1.165, 1.54) is 12.3 Å². The number of anilines is 1. The van der Waals surface area contributed by atoms with Crippen LogP contribution in [0.4, 0.5) is 20.3 Å². The van der Waals surface area contributed by atoms with Gasteiger partial charge in [0.05, 0.1) is 16.6 Å². The van der Waals surface area contributed by atoms with Crippen molar-refractivity contribution >= 4 is 17.4 Å². The molecule has 1 heterocycles. The van der Waals surface area contributed by atoms with Gasteiger partial charge >= 0.3 is 5.69 Å². The highest BCUT2D eigenvalue weighted by atomic mass is 19.1. The number of carbonyl (C=O) groups excluding carboxylic acids is 1. The van der Waals surface area contributed by atoms with Gasteiger partial charge in [0.15, 0.2) is 0 Å². The Kier molecular flexibility index (Phi) is 3.65. The fraction of sp³-hybridized carbons (Fsp3) is 0. The van der Waals surface area contributed by atoms with Crippen molar-refractivity contribution in [1.29, 1.82) is 0 Å². The summed E-state index contributed by atoms with van der Waals surface area (Å²) in [6, 6.07) is 5.60. The zero-order valence-corrected chi connectivity index (χ0v) is 9.84. The second-order valence-corrected chi connectivity index (χ2v) is 3.71. The number of carbonyl (C=O) groups is 1. The molecule has 0 unspecified atom stereocenters. The molecule has 0 radical (unpaired) electrons. The molecule has 20 heavy (non-hydrogen) atoms. The minimum atomic E-state index is -1.40. The summed E-state index contributed by atoms with van der Waals surface area (Å²) in [5.41, 5.74) is -1.86. The topological polar surface area (TPSA) is 85.1 Å². The Morgan fingerprint density at radius 2 is 2.05 bits per heavy atom. The Morgan fingerprint density at radius 1 is 1.30 bits per heavy atom. The number of nitrogens with zero attached hydrogens (tertiary/aromatic N) is 2. The number of nitro benzene ring substituents is 1. The molecule has 0 saturated heterocycles. The SMILES string of the molecule is O=C(Nc1ccccn1)c1cc(F)cc([N+](=O)[O-])c1F. The summed E-state index contributed by atoms with van der Waals surface area (Å²) in [5.74, 6) is -3.39. The predicted molar refractivity (Wildman–Crippen MR) is 65.2 cm³/mol. The van der Waals surface area contributed by atoms with Gasteiger partial charge in [-0.05, 0) is 18.2 Å². The highest BCUT2D eigenvalue weighted by Crippen LogP contribution is 2.23. The molecule has 2 rings (SSSR count). The van der Waals surface area contributed by atoms with Crippen molar-refractivity contribution in [2.24, 2.45) is 0 Å². The molecule has 1 aromatic carbocycles. The van der Waals surface area contributed by atoms with E-state index in [4.69, 9.17) is 0 Å². The van der Waals surface area contributed by atoms with E-state index in [2.05, 4.69) is 10.3 Å². The van der Waals surface area contributed by atoms with Crippen molar-refractivity contribution in [3.05, 3.63) is 63.8 Å². The van der Waals surface area contributed by atoms with Crippen molar-refractivity contribution in [2.45, 2.75) is 0 Å². The molecule has 6 nitrogen and oxygen atoms in total. The number of benzene rings is 1. The standard InChI is InChI=1S/C12H7F2N3O3/c13-7-5-8(11(14)9(6-7)17(19)20)12(18)16-10-3-1-2-4-15-10/h1-6H,(H,15,16,18). The number of amides is 1. The first-order valence-electron chi connectivity index (χ1n) is 5.35. The van der Waals surface area contributed by atoms with E-state index < -0.39 is 33.7 Å². The van der Waals surface area contributed by atoms with Crippen LogP contribution in [0.3, 0.4) is 0 Å². The van der Waals surface area contributed by atoms with Gasteiger partial charge in [-0.3, -0.25) is 14.9 Å². The number of aromatic nitrogens is 1. The second-order valence-electron chi connectivity index (χ2n) is 3.71. The van der Waals surface area contributed by atoms with E-state index in [0.717, 1.165) is 0 Å². The Bertz CT molecular complexity index is 677. The van der Waals surface area contributed by atoms with Gasteiger partial charge in [-0.25, -0.2) is 9.37 Å². The highest BCUT2D eigenvalue weighted by Gasteiger charge is 2.24. The Morgan fingerprint density at radius 3 is 2.65 bits per heavy atom. The fourth-order valence-corrected chi connectivity index (χ4v) is 1.49. The van der Waals surface area contributed by atoms with Crippen molar-refractivity contribution in [1.82, 2.24) is 4.98 Å². The summed E-state index contributed by atoms with van der Waals surface area (Å²) in [4.78, 5) is 25.0. The van der Waals surface area contributed by atoms with Gasteiger partial charge in [0.1, 0.15) is 11.6 Å². The molecular weight excluding hydrogens is 272 g/mol. The first-order valence-corrected chi connectivity index (χ1v) is 5.35. The van der Waals surface area contributed by atoms with Crippen LogP contribution in [0.15, 0.2) is 36.5 Å². The van der Waals surface area contributed by atoms with Crippen molar-refractivity contribution in [2.75, 3.05) is 5.32 Å². The molecule has 0 aliphatic rings. The van der Waals surface area contributed by atoms with Crippen molar-refractivity contribution < 1.29 is 18.5 Å². The average Bonchev–Trinajstić information content (AvgIpc) is 2.41. The van der Waals surface area contributed by atoms with E-state index in [0.29, 0.717) is 12.1 Å². The van der Waals surface area contributed by atoms with Gasteiger partial charge in [-0.2, -0.15) is 4.39 Å². The number of pyridine rings is 1. The van der Waals surface area contributed by atoms with Crippen LogP contribution >= 0.6 is 0 Å². The summed E-state index contributed by atoms with van der Waals surface area (Å²) in [6.45, 7) is 0. The van der Waals surface area contributed by atoms with Gasteiger partial charge in [0.2, 0.25) is 5.82 Å². The number of hydrogen-bond donors (Lipinski definition) is 1. The fourth-order valence-electron chi connectivity index (χ4n) is 1.49. The van der Waals surface area contributed by atoms with Crippen molar-refractivity contribution in [3.8, 4) is 0 Å². The number of rotatable bonds is 3. The summed E-state index contributed by atoms with van der Waals surface area (Å²) in [7, 11) is 0. The summed E-state index contributed by atoms with van der Waals surface area (Å²) in [5, 5.41) is 12.8. The molecule has 0 aliphatic carbocycles. The quantitative estimate of drug-likeness (QED) is 0.691. The zero-order valence-electron chi connectivity index (χ0n) is 9.84. The van der Waals surface area contributed by atoms with Crippen LogP contribution in [-0.4, -0.2) is 15.8 Å². The summed E-state index contributed by atoms with van der Waals surface area (Å²) < 4.78 is 27.0. The van der Waals surface area contributed by atoms with Gasteiger partial charge in [-0.15, -0.1) is 0 Å². The lowest BCUT2D eigenvalue weighted by Crippen LogP contribution is -2.15.